The normalized spacial score (nSPS) is 24.2. The zero-order valence-corrected chi connectivity index (χ0v) is 18.9. The molecule has 0 aromatic carbocycles. The van der Waals surface area contributed by atoms with Crippen LogP contribution in [0.4, 0.5) is 0 Å². The molecule has 0 heterocycles. The number of rotatable bonds is 5. The van der Waals surface area contributed by atoms with E-state index in [1.54, 1.807) is 0 Å². The SMILES string of the molecule is CCC[C@H]1CC(=O)CC(O[Si](C)(C)C(C)(C)C)=C[C@H]1[Si](C)(C)C. The lowest BCUT2D eigenvalue weighted by Gasteiger charge is -2.38. The van der Waals surface area contributed by atoms with Crippen LogP contribution in [0.1, 0.15) is 53.4 Å². The van der Waals surface area contributed by atoms with Crippen molar-refractivity contribution < 1.29 is 9.22 Å². The molecule has 0 saturated carbocycles. The molecule has 0 aromatic rings. The third kappa shape index (κ3) is 5.59. The highest BCUT2D eigenvalue weighted by Crippen LogP contribution is 2.43. The molecule has 2 nitrogen and oxygen atoms in total. The van der Waals surface area contributed by atoms with Crippen LogP contribution in [0.25, 0.3) is 0 Å². The molecule has 23 heavy (non-hydrogen) atoms. The smallest absolute Gasteiger partial charge is 0.250 e. The van der Waals surface area contributed by atoms with Crippen molar-refractivity contribution in [1.29, 1.82) is 0 Å². The molecule has 0 fully saturated rings. The highest BCUT2D eigenvalue weighted by atomic mass is 28.4. The quantitative estimate of drug-likeness (QED) is 0.535. The Bertz CT molecular complexity index is 453. The van der Waals surface area contributed by atoms with Gasteiger partial charge in [-0.1, -0.05) is 53.8 Å². The van der Waals surface area contributed by atoms with Crippen molar-refractivity contribution in [2.75, 3.05) is 0 Å². The predicted molar refractivity (Wildman–Crippen MR) is 106 cm³/mol. The molecule has 1 rings (SSSR count). The lowest BCUT2D eigenvalue weighted by Crippen LogP contribution is -2.40. The number of carbonyl (C=O) groups excluding carboxylic acids is 1. The van der Waals surface area contributed by atoms with E-state index in [1.165, 1.54) is 0 Å². The summed E-state index contributed by atoms with van der Waals surface area (Å²) in [6, 6.07) is 0. The highest BCUT2D eigenvalue weighted by molar-refractivity contribution is 6.78. The molecule has 0 aliphatic heterocycles. The summed E-state index contributed by atoms with van der Waals surface area (Å²) in [5.41, 5.74) is 0.550. The number of Topliss-reactive ketones (excluding diaryl/α,β-unsaturated/α-hetero) is 1. The van der Waals surface area contributed by atoms with Gasteiger partial charge in [0.2, 0.25) is 8.32 Å². The van der Waals surface area contributed by atoms with Gasteiger partial charge in [0.1, 0.15) is 5.78 Å². The third-order valence-corrected chi connectivity index (χ3v) is 12.6. The van der Waals surface area contributed by atoms with E-state index in [-0.39, 0.29) is 5.04 Å². The van der Waals surface area contributed by atoms with E-state index in [1.807, 2.05) is 0 Å². The first-order valence-electron chi connectivity index (χ1n) is 9.19. The van der Waals surface area contributed by atoms with Crippen LogP contribution < -0.4 is 0 Å². The van der Waals surface area contributed by atoms with Crippen molar-refractivity contribution in [3.05, 3.63) is 11.8 Å². The molecular formula is C19H38O2Si2. The van der Waals surface area contributed by atoms with E-state index >= 15 is 0 Å². The average molecular weight is 355 g/mol. The van der Waals surface area contributed by atoms with Gasteiger partial charge in [-0.05, 0) is 42.1 Å². The van der Waals surface area contributed by atoms with Crippen LogP contribution in [0.2, 0.25) is 43.3 Å². The van der Waals surface area contributed by atoms with Crippen molar-refractivity contribution in [1.82, 2.24) is 0 Å². The average Bonchev–Trinajstić information content (AvgIpc) is 2.46. The van der Waals surface area contributed by atoms with E-state index in [0.717, 1.165) is 25.0 Å². The standard InChI is InChI=1S/C19H38O2Si2/c1-10-11-15-12-16(20)13-17(14-18(15)22(5,6)7)21-23(8,9)19(2,3)4/h14-15,18H,10-13H2,1-9H3/t15-,18+/m0/s1. The van der Waals surface area contributed by atoms with E-state index < -0.39 is 16.4 Å². The Labute approximate surface area is 146 Å². The maximum Gasteiger partial charge on any atom is 0.250 e. The van der Waals surface area contributed by atoms with Gasteiger partial charge in [-0.2, -0.15) is 0 Å². The second-order valence-electron chi connectivity index (χ2n) is 9.86. The van der Waals surface area contributed by atoms with Gasteiger partial charge < -0.3 is 4.43 Å². The van der Waals surface area contributed by atoms with Crippen LogP contribution in [-0.2, 0) is 9.22 Å². The van der Waals surface area contributed by atoms with Crippen molar-refractivity contribution in [3.63, 3.8) is 0 Å². The molecule has 2 atom stereocenters. The van der Waals surface area contributed by atoms with Crippen LogP contribution in [0.15, 0.2) is 11.8 Å². The molecule has 0 saturated heterocycles. The minimum absolute atomic E-state index is 0.167. The Morgan fingerprint density at radius 2 is 1.74 bits per heavy atom. The van der Waals surface area contributed by atoms with Crippen LogP contribution >= 0.6 is 0 Å². The second-order valence-corrected chi connectivity index (χ2v) is 20.0. The molecule has 134 valence electrons. The molecule has 4 heteroatoms. The maximum absolute atomic E-state index is 12.5. The summed E-state index contributed by atoms with van der Waals surface area (Å²) >= 11 is 0. The van der Waals surface area contributed by atoms with Crippen LogP contribution in [-0.4, -0.2) is 22.2 Å². The first-order valence-corrected chi connectivity index (χ1v) is 15.7. The van der Waals surface area contributed by atoms with E-state index in [0.29, 0.717) is 23.7 Å². The van der Waals surface area contributed by atoms with Gasteiger partial charge >= 0.3 is 0 Å². The van der Waals surface area contributed by atoms with E-state index in [4.69, 9.17) is 4.43 Å². The van der Waals surface area contributed by atoms with E-state index in [2.05, 4.69) is 66.5 Å². The van der Waals surface area contributed by atoms with Crippen molar-refractivity contribution >= 4 is 22.2 Å². The molecule has 0 N–H and O–H groups in total. The second kappa shape index (κ2) is 7.26. The molecule has 0 unspecified atom stereocenters. The fraction of sp³-hybridized carbons (Fsp3) is 0.842. The fourth-order valence-corrected chi connectivity index (χ4v) is 6.73. The summed E-state index contributed by atoms with van der Waals surface area (Å²) < 4.78 is 6.55. The molecule has 1 aliphatic carbocycles. The fourth-order valence-electron chi connectivity index (χ4n) is 3.24. The molecule has 0 bridgehead atoms. The van der Waals surface area contributed by atoms with Crippen molar-refractivity contribution in [2.45, 2.75) is 96.7 Å². The maximum atomic E-state index is 12.5. The van der Waals surface area contributed by atoms with Crippen LogP contribution in [0.3, 0.4) is 0 Å². The molecule has 0 amide bonds. The van der Waals surface area contributed by atoms with Crippen molar-refractivity contribution in [2.24, 2.45) is 5.92 Å². The Morgan fingerprint density at radius 3 is 2.17 bits per heavy atom. The molecule has 0 aromatic heterocycles. The number of hydrogen-bond donors (Lipinski definition) is 0. The van der Waals surface area contributed by atoms with Gasteiger partial charge in [0.15, 0.2) is 0 Å². The molecular weight excluding hydrogens is 316 g/mol. The van der Waals surface area contributed by atoms with Gasteiger partial charge in [0.05, 0.1) is 20.3 Å². The topological polar surface area (TPSA) is 26.3 Å². The molecule has 1 aliphatic rings. The Balaban J connectivity index is 3.16. The molecule has 0 spiro atoms. The first-order chi connectivity index (χ1) is 10.3. The molecule has 0 radical (unpaired) electrons. The Hall–Kier alpha value is -0.356. The van der Waals surface area contributed by atoms with Crippen LogP contribution in [0, 0.1) is 5.92 Å². The zero-order valence-electron chi connectivity index (χ0n) is 16.9. The monoisotopic (exact) mass is 354 g/mol. The predicted octanol–water partition coefficient (Wildman–Crippen LogP) is 6.38. The van der Waals surface area contributed by atoms with Crippen LogP contribution in [0.5, 0.6) is 0 Å². The minimum Gasteiger partial charge on any atom is -0.546 e. The van der Waals surface area contributed by atoms with Crippen molar-refractivity contribution in [3.8, 4) is 0 Å². The number of hydrogen-bond acceptors (Lipinski definition) is 2. The lowest BCUT2D eigenvalue weighted by atomic mass is 9.95. The summed E-state index contributed by atoms with van der Waals surface area (Å²) in [5, 5.41) is 0.167. The number of carbonyl (C=O) groups is 1. The Kier molecular flexibility index (Phi) is 6.53. The van der Waals surface area contributed by atoms with Gasteiger partial charge in [0.25, 0.3) is 0 Å². The largest absolute Gasteiger partial charge is 0.546 e. The first kappa shape index (κ1) is 20.7. The van der Waals surface area contributed by atoms with Gasteiger partial charge in [-0.25, -0.2) is 0 Å². The number of allylic oxidation sites excluding steroid dienone is 2. The summed E-state index contributed by atoms with van der Waals surface area (Å²) in [4.78, 5) is 12.5. The summed E-state index contributed by atoms with van der Waals surface area (Å²) in [6.07, 6.45) is 5.94. The summed E-state index contributed by atoms with van der Waals surface area (Å²) in [6.45, 7) is 20.8. The van der Waals surface area contributed by atoms with Gasteiger partial charge in [0, 0.05) is 6.42 Å². The minimum atomic E-state index is -1.88. The third-order valence-electron chi connectivity index (χ3n) is 5.59. The summed E-state index contributed by atoms with van der Waals surface area (Å²) in [7, 11) is -3.25. The van der Waals surface area contributed by atoms with Gasteiger partial charge in [-0.3, -0.25) is 4.79 Å². The van der Waals surface area contributed by atoms with E-state index in [9.17, 15) is 4.79 Å². The van der Waals surface area contributed by atoms with Gasteiger partial charge in [-0.15, -0.1) is 0 Å². The Morgan fingerprint density at radius 1 is 1.17 bits per heavy atom. The summed E-state index contributed by atoms with van der Waals surface area (Å²) in [5.74, 6) is 1.86. The zero-order chi connectivity index (χ0) is 18.1. The lowest BCUT2D eigenvalue weighted by molar-refractivity contribution is -0.119. The highest BCUT2D eigenvalue weighted by Gasteiger charge is 2.41. The number of ketones is 1.